The summed E-state index contributed by atoms with van der Waals surface area (Å²) < 4.78 is 11.3. The molecule has 1 aromatic rings. The lowest BCUT2D eigenvalue weighted by Crippen LogP contribution is -2.09. The molecule has 1 aromatic carbocycles. The summed E-state index contributed by atoms with van der Waals surface area (Å²) in [7, 11) is 0. The van der Waals surface area contributed by atoms with Gasteiger partial charge in [0.2, 0.25) is 0 Å². The second-order valence-corrected chi connectivity index (χ2v) is 5.72. The van der Waals surface area contributed by atoms with Gasteiger partial charge in [0.25, 0.3) is 0 Å². The molecule has 0 saturated heterocycles. The lowest BCUT2D eigenvalue weighted by Gasteiger charge is -2.14. The van der Waals surface area contributed by atoms with E-state index in [0.717, 1.165) is 43.5 Å². The third-order valence-corrected chi connectivity index (χ3v) is 3.22. The van der Waals surface area contributed by atoms with Gasteiger partial charge in [0.15, 0.2) is 0 Å². The third-order valence-electron chi connectivity index (χ3n) is 3.22. The van der Waals surface area contributed by atoms with Gasteiger partial charge in [-0.1, -0.05) is 0 Å². The Morgan fingerprint density at radius 2 is 2.15 bits per heavy atom. The zero-order chi connectivity index (χ0) is 14.4. The van der Waals surface area contributed by atoms with E-state index in [2.05, 4.69) is 5.32 Å². The second kappa shape index (κ2) is 7.39. The molecule has 112 valence electrons. The van der Waals surface area contributed by atoms with E-state index in [1.54, 1.807) is 0 Å². The van der Waals surface area contributed by atoms with Gasteiger partial charge < -0.3 is 20.5 Å². The molecule has 4 heteroatoms. The minimum Gasteiger partial charge on any atom is -0.489 e. The molecule has 0 atom stereocenters. The molecule has 0 radical (unpaired) electrons. The zero-order valence-electron chi connectivity index (χ0n) is 12.5. The van der Waals surface area contributed by atoms with Crippen molar-refractivity contribution in [2.45, 2.75) is 39.2 Å². The molecule has 1 fully saturated rings. The van der Waals surface area contributed by atoms with Crippen LogP contribution in [0.2, 0.25) is 0 Å². The largest absolute Gasteiger partial charge is 0.489 e. The van der Waals surface area contributed by atoms with Crippen LogP contribution in [0.5, 0.6) is 5.75 Å². The zero-order valence-corrected chi connectivity index (χ0v) is 12.5. The van der Waals surface area contributed by atoms with Gasteiger partial charge in [0.05, 0.1) is 11.8 Å². The average Bonchev–Trinajstić information content (AvgIpc) is 3.21. The van der Waals surface area contributed by atoms with Gasteiger partial charge in [0.1, 0.15) is 5.75 Å². The minimum absolute atomic E-state index is 0.128. The summed E-state index contributed by atoms with van der Waals surface area (Å²) >= 11 is 0. The number of hydrogen-bond donors (Lipinski definition) is 2. The van der Waals surface area contributed by atoms with Gasteiger partial charge in [-0.3, -0.25) is 0 Å². The number of nitrogens with one attached hydrogen (secondary N) is 1. The molecule has 0 aliphatic heterocycles. The average molecular weight is 278 g/mol. The van der Waals surface area contributed by atoms with Gasteiger partial charge in [-0.2, -0.15) is 0 Å². The van der Waals surface area contributed by atoms with Crippen molar-refractivity contribution in [3.05, 3.63) is 18.2 Å². The number of anilines is 2. The molecule has 0 heterocycles. The summed E-state index contributed by atoms with van der Waals surface area (Å²) in [5.41, 5.74) is 7.61. The molecule has 3 N–H and O–H groups in total. The number of nitrogens with two attached hydrogens (primary N) is 1. The summed E-state index contributed by atoms with van der Waals surface area (Å²) in [5, 5.41) is 3.37. The van der Waals surface area contributed by atoms with E-state index in [1.165, 1.54) is 12.8 Å². The van der Waals surface area contributed by atoms with Crippen LogP contribution < -0.4 is 15.8 Å². The molecule has 0 aromatic heterocycles. The van der Waals surface area contributed by atoms with Crippen LogP contribution in [0.15, 0.2) is 18.2 Å². The van der Waals surface area contributed by atoms with Crippen molar-refractivity contribution in [2.24, 2.45) is 5.92 Å². The Labute approximate surface area is 121 Å². The second-order valence-electron chi connectivity index (χ2n) is 5.72. The van der Waals surface area contributed by atoms with Crippen molar-refractivity contribution in [2.75, 3.05) is 30.8 Å². The first-order valence-corrected chi connectivity index (χ1v) is 7.53. The lowest BCUT2D eigenvalue weighted by molar-refractivity contribution is 0.124. The maximum atomic E-state index is 5.89. The van der Waals surface area contributed by atoms with Crippen molar-refractivity contribution >= 4 is 11.4 Å². The van der Waals surface area contributed by atoms with Crippen LogP contribution in [0.3, 0.4) is 0 Å². The summed E-state index contributed by atoms with van der Waals surface area (Å²) in [4.78, 5) is 0. The van der Waals surface area contributed by atoms with E-state index in [-0.39, 0.29) is 6.10 Å². The highest BCUT2D eigenvalue weighted by Gasteiger charge is 2.20. The minimum atomic E-state index is 0.128. The number of benzene rings is 1. The van der Waals surface area contributed by atoms with Crippen molar-refractivity contribution in [3.63, 3.8) is 0 Å². The van der Waals surface area contributed by atoms with Crippen LogP contribution in [0, 0.1) is 5.92 Å². The molecular weight excluding hydrogens is 252 g/mol. The number of nitrogen functional groups attached to an aromatic ring is 1. The van der Waals surface area contributed by atoms with Gasteiger partial charge >= 0.3 is 0 Å². The lowest BCUT2D eigenvalue weighted by atomic mass is 10.2. The quantitative estimate of drug-likeness (QED) is 0.537. The molecule has 1 aliphatic carbocycles. The summed E-state index contributed by atoms with van der Waals surface area (Å²) in [6, 6.07) is 5.82. The van der Waals surface area contributed by atoms with Gasteiger partial charge in [0, 0.05) is 31.5 Å². The highest BCUT2D eigenvalue weighted by atomic mass is 16.5. The number of rotatable bonds is 9. The fourth-order valence-electron chi connectivity index (χ4n) is 1.94. The first kappa shape index (κ1) is 15.0. The normalized spacial score (nSPS) is 14.6. The van der Waals surface area contributed by atoms with E-state index >= 15 is 0 Å². The van der Waals surface area contributed by atoms with Crippen LogP contribution in [0.1, 0.15) is 33.1 Å². The summed E-state index contributed by atoms with van der Waals surface area (Å²) in [6.07, 6.45) is 3.84. The Morgan fingerprint density at radius 3 is 2.85 bits per heavy atom. The Hall–Kier alpha value is -1.42. The Kier molecular flexibility index (Phi) is 5.53. The Bertz CT molecular complexity index is 417. The van der Waals surface area contributed by atoms with E-state index in [0.29, 0.717) is 5.69 Å². The molecule has 20 heavy (non-hydrogen) atoms. The topological polar surface area (TPSA) is 56.5 Å². The molecule has 0 bridgehead atoms. The van der Waals surface area contributed by atoms with Gasteiger partial charge in [-0.25, -0.2) is 0 Å². The first-order valence-electron chi connectivity index (χ1n) is 7.53. The monoisotopic (exact) mass is 278 g/mol. The molecule has 1 saturated carbocycles. The van der Waals surface area contributed by atoms with Crippen molar-refractivity contribution in [1.82, 2.24) is 0 Å². The predicted octanol–water partition coefficient (Wildman–Crippen LogP) is 3.28. The van der Waals surface area contributed by atoms with Crippen LogP contribution in [-0.2, 0) is 4.74 Å². The molecule has 0 unspecified atom stereocenters. The van der Waals surface area contributed by atoms with Crippen LogP contribution >= 0.6 is 0 Å². The standard InChI is InChI=1S/C16H26N2O2/c1-12(2)20-16-10-14(6-7-15(16)17)18-8-3-9-19-11-13-4-5-13/h6-7,10,12-13,18H,3-5,8-9,11,17H2,1-2H3. The van der Waals surface area contributed by atoms with E-state index in [9.17, 15) is 0 Å². The summed E-state index contributed by atoms with van der Waals surface area (Å²) in [6.45, 7) is 6.66. The van der Waals surface area contributed by atoms with Crippen molar-refractivity contribution in [1.29, 1.82) is 0 Å². The highest BCUT2D eigenvalue weighted by molar-refractivity contribution is 5.61. The maximum absolute atomic E-state index is 5.89. The highest BCUT2D eigenvalue weighted by Crippen LogP contribution is 2.29. The van der Waals surface area contributed by atoms with Crippen LogP contribution in [0.4, 0.5) is 11.4 Å². The van der Waals surface area contributed by atoms with Crippen LogP contribution in [0.25, 0.3) is 0 Å². The third kappa shape index (κ3) is 5.29. The molecule has 1 aliphatic rings. The first-order chi connectivity index (χ1) is 9.65. The molecule has 0 spiro atoms. The molecule has 2 rings (SSSR count). The molecular formula is C16H26N2O2. The summed E-state index contributed by atoms with van der Waals surface area (Å²) in [5.74, 6) is 1.59. The fourth-order valence-corrected chi connectivity index (χ4v) is 1.94. The Morgan fingerprint density at radius 1 is 1.35 bits per heavy atom. The smallest absolute Gasteiger partial charge is 0.144 e. The number of hydrogen-bond acceptors (Lipinski definition) is 4. The van der Waals surface area contributed by atoms with Gasteiger partial charge in [-0.05, 0) is 51.2 Å². The van der Waals surface area contributed by atoms with E-state index < -0.39 is 0 Å². The maximum Gasteiger partial charge on any atom is 0.144 e. The van der Waals surface area contributed by atoms with Crippen LogP contribution in [-0.4, -0.2) is 25.9 Å². The van der Waals surface area contributed by atoms with E-state index in [4.69, 9.17) is 15.2 Å². The van der Waals surface area contributed by atoms with Crippen molar-refractivity contribution < 1.29 is 9.47 Å². The molecule has 4 nitrogen and oxygen atoms in total. The van der Waals surface area contributed by atoms with Gasteiger partial charge in [-0.15, -0.1) is 0 Å². The molecule has 0 amide bonds. The SMILES string of the molecule is CC(C)Oc1cc(NCCCOCC2CC2)ccc1N. The van der Waals surface area contributed by atoms with Crippen molar-refractivity contribution in [3.8, 4) is 5.75 Å². The Balaban J connectivity index is 1.68. The predicted molar refractivity (Wildman–Crippen MR) is 83.3 cm³/mol. The number of ether oxygens (including phenoxy) is 2. The van der Waals surface area contributed by atoms with E-state index in [1.807, 2.05) is 32.0 Å². The fraction of sp³-hybridized carbons (Fsp3) is 0.625.